The van der Waals surface area contributed by atoms with Gasteiger partial charge in [0.2, 0.25) is 0 Å². The zero-order chi connectivity index (χ0) is 23.1. The molecular formula is C28H33NO3. The van der Waals surface area contributed by atoms with Crippen LogP contribution in [0.5, 0.6) is 0 Å². The Kier molecular flexibility index (Phi) is 7.84. The topological polar surface area (TPSA) is 49.8 Å². The number of esters is 1. The van der Waals surface area contributed by atoms with Gasteiger partial charge in [0.1, 0.15) is 5.60 Å². The molecule has 3 rings (SSSR count). The smallest absolute Gasteiger partial charge is 0.337 e. The van der Waals surface area contributed by atoms with Crippen LogP contribution in [0.3, 0.4) is 0 Å². The second-order valence-electron chi connectivity index (χ2n) is 9.08. The second-order valence-corrected chi connectivity index (χ2v) is 9.08. The van der Waals surface area contributed by atoms with Crippen molar-refractivity contribution >= 4 is 5.97 Å². The second kappa shape index (κ2) is 10.6. The molecule has 0 aromatic heterocycles. The number of hydrogen-bond donors (Lipinski definition) is 1. The van der Waals surface area contributed by atoms with Crippen LogP contribution in [0, 0.1) is 0 Å². The fourth-order valence-corrected chi connectivity index (χ4v) is 3.89. The quantitative estimate of drug-likeness (QED) is 0.465. The number of ether oxygens (including phenoxy) is 1. The molecule has 4 heteroatoms. The van der Waals surface area contributed by atoms with Crippen molar-refractivity contribution < 1.29 is 14.6 Å². The molecule has 0 radical (unpaired) electrons. The third-order valence-corrected chi connectivity index (χ3v) is 5.43. The maximum Gasteiger partial charge on any atom is 0.337 e. The van der Waals surface area contributed by atoms with Crippen LogP contribution >= 0.6 is 0 Å². The Bertz CT molecular complexity index is 968. The Balaban J connectivity index is 2.06. The summed E-state index contributed by atoms with van der Waals surface area (Å²) in [6, 6.07) is 29.3. The highest BCUT2D eigenvalue weighted by molar-refractivity contribution is 5.76. The molecule has 0 unspecified atom stereocenters. The minimum absolute atomic E-state index is 0.0568. The molecule has 0 saturated heterocycles. The lowest BCUT2D eigenvalue weighted by Crippen LogP contribution is -2.44. The van der Waals surface area contributed by atoms with E-state index in [4.69, 9.17) is 4.74 Å². The fraction of sp³-hybridized carbons (Fsp3) is 0.321. The van der Waals surface area contributed by atoms with Crippen LogP contribution in [-0.2, 0) is 16.1 Å². The molecule has 4 nitrogen and oxygen atoms in total. The molecule has 0 aliphatic rings. The molecule has 0 bridgehead atoms. The summed E-state index contributed by atoms with van der Waals surface area (Å²) in [4.78, 5) is 15.2. The first-order chi connectivity index (χ1) is 15.3. The monoisotopic (exact) mass is 431 g/mol. The summed E-state index contributed by atoms with van der Waals surface area (Å²) >= 11 is 0. The lowest BCUT2D eigenvalue weighted by molar-refractivity contribution is -0.170. The Hall–Kier alpha value is -2.95. The van der Waals surface area contributed by atoms with E-state index in [1.807, 2.05) is 87.5 Å². The lowest BCUT2D eigenvalue weighted by Gasteiger charge is -2.39. The number of aliphatic hydroxyl groups is 1. The first-order valence-corrected chi connectivity index (χ1v) is 11.1. The number of benzene rings is 3. The minimum Gasteiger partial charge on any atom is -0.458 e. The van der Waals surface area contributed by atoms with Crippen LogP contribution < -0.4 is 0 Å². The molecule has 1 N–H and O–H groups in total. The number of carbonyl (C=O) groups excluding carboxylic acids is 1. The van der Waals surface area contributed by atoms with Gasteiger partial charge in [-0.2, -0.15) is 0 Å². The van der Waals surface area contributed by atoms with Gasteiger partial charge in [-0.3, -0.25) is 4.90 Å². The molecule has 32 heavy (non-hydrogen) atoms. The van der Waals surface area contributed by atoms with Crippen LogP contribution in [0.2, 0.25) is 0 Å². The molecule has 0 heterocycles. The average Bonchev–Trinajstić information content (AvgIpc) is 2.79. The van der Waals surface area contributed by atoms with Crippen LogP contribution in [0.15, 0.2) is 91.0 Å². The average molecular weight is 432 g/mol. The summed E-state index contributed by atoms with van der Waals surface area (Å²) in [6.45, 7) is 8.10. The van der Waals surface area contributed by atoms with Gasteiger partial charge in [0, 0.05) is 12.6 Å². The largest absolute Gasteiger partial charge is 0.458 e. The minimum atomic E-state index is -1.34. The van der Waals surface area contributed by atoms with Gasteiger partial charge >= 0.3 is 5.97 Å². The fourth-order valence-electron chi connectivity index (χ4n) is 3.89. The van der Waals surface area contributed by atoms with E-state index in [2.05, 4.69) is 36.1 Å². The summed E-state index contributed by atoms with van der Waals surface area (Å²) < 4.78 is 5.57. The first kappa shape index (κ1) is 23.7. The van der Waals surface area contributed by atoms with Gasteiger partial charge in [-0.15, -0.1) is 0 Å². The van der Waals surface area contributed by atoms with Gasteiger partial charge in [-0.05, 0) is 44.4 Å². The third kappa shape index (κ3) is 6.28. The predicted molar refractivity (Wildman–Crippen MR) is 128 cm³/mol. The number of carbonyl (C=O) groups is 1. The molecule has 3 atom stereocenters. The molecule has 0 spiro atoms. The summed E-state index contributed by atoms with van der Waals surface area (Å²) in [6.07, 6.45) is -1.34. The summed E-state index contributed by atoms with van der Waals surface area (Å²) in [7, 11) is 0. The molecule has 3 aromatic carbocycles. The summed E-state index contributed by atoms with van der Waals surface area (Å²) in [5.74, 6) is -0.621. The van der Waals surface area contributed by atoms with E-state index in [9.17, 15) is 9.90 Å². The van der Waals surface area contributed by atoms with E-state index in [1.165, 1.54) is 0 Å². The first-order valence-electron chi connectivity index (χ1n) is 11.1. The normalized spacial score (nSPS) is 14.6. The van der Waals surface area contributed by atoms with Crippen molar-refractivity contribution in [1.29, 1.82) is 0 Å². The summed E-state index contributed by atoms with van der Waals surface area (Å²) in [5.41, 5.74) is 2.40. The number of rotatable bonds is 8. The molecule has 0 fully saturated rings. The maximum absolute atomic E-state index is 13.0. The van der Waals surface area contributed by atoms with E-state index in [-0.39, 0.29) is 6.04 Å². The highest BCUT2D eigenvalue weighted by Crippen LogP contribution is 2.35. The predicted octanol–water partition coefficient (Wildman–Crippen LogP) is 5.69. The Morgan fingerprint density at radius 1 is 0.844 bits per heavy atom. The van der Waals surface area contributed by atoms with Gasteiger partial charge in [-0.1, -0.05) is 91.0 Å². The van der Waals surface area contributed by atoms with Crippen molar-refractivity contribution in [3.63, 3.8) is 0 Å². The zero-order valence-electron chi connectivity index (χ0n) is 19.3. The zero-order valence-corrected chi connectivity index (χ0v) is 19.3. The Labute approximate surface area is 191 Å². The van der Waals surface area contributed by atoms with Crippen molar-refractivity contribution in [2.45, 2.75) is 58.0 Å². The molecule has 0 aliphatic carbocycles. The Morgan fingerprint density at radius 2 is 1.31 bits per heavy atom. The molecule has 0 amide bonds. The highest BCUT2D eigenvalue weighted by atomic mass is 16.6. The van der Waals surface area contributed by atoms with Crippen LogP contribution in [-0.4, -0.2) is 27.7 Å². The van der Waals surface area contributed by atoms with Crippen molar-refractivity contribution in [2.75, 3.05) is 0 Å². The molecule has 3 aromatic rings. The van der Waals surface area contributed by atoms with Gasteiger partial charge in [0.05, 0.1) is 6.04 Å². The van der Waals surface area contributed by atoms with Crippen molar-refractivity contribution in [3.05, 3.63) is 108 Å². The lowest BCUT2D eigenvalue weighted by atomic mass is 9.95. The molecule has 0 aliphatic heterocycles. The maximum atomic E-state index is 13.0. The van der Waals surface area contributed by atoms with E-state index >= 15 is 0 Å². The number of hydrogen-bond acceptors (Lipinski definition) is 4. The number of aliphatic hydroxyl groups excluding tert-OH is 1. The van der Waals surface area contributed by atoms with Gasteiger partial charge in [0.15, 0.2) is 6.10 Å². The summed E-state index contributed by atoms with van der Waals surface area (Å²) in [5, 5.41) is 11.3. The third-order valence-electron chi connectivity index (χ3n) is 5.43. The van der Waals surface area contributed by atoms with E-state index in [0.29, 0.717) is 6.54 Å². The van der Waals surface area contributed by atoms with Crippen molar-refractivity contribution in [2.24, 2.45) is 0 Å². The van der Waals surface area contributed by atoms with E-state index in [1.54, 1.807) is 0 Å². The Morgan fingerprint density at radius 3 is 1.81 bits per heavy atom. The van der Waals surface area contributed by atoms with Crippen molar-refractivity contribution in [3.8, 4) is 0 Å². The number of nitrogens with zero attached hydrogens (tertiary/aromatic N) is 1. The van der Waals surface area contributed by atoms with E-state index < -0.39 is 23.7 Å². The molecule has 0 saturated carbocycles. The highest BCUT2D eigenvalue weighted by Gasteiger charge is 2.37. The molecule has 168 valence electrons. The molecular weight excluding hydrogens is 398 g/mol. The van der Waals surface area contributed by atoms with Crippen LogP contribution in [0.4, 0.5) is 0 Å². The van der Waals surface area contributed by atoms with Gasteiger partial charge in [-0.25, -0.2) is 4.79 Å². The van der Waals surface area contributed by atoms with Crippen LogP contribution in [0.1, 0.15) is 56.5 Å². The van der Waals surface area contributed by atoms with E-state index in [0.717, 1.165) is 16.7 Å². The van der Waals surface area contributed by atoms with Gasteiger partial charge < -0.3 is 9.84 Å². The standard InChI is InChI=1S/C28H33NO3/c1-21(23-16-10-6-11-17-23)29(20-22-14-8-5-9-15-22)25(24-18-12-7-13-19-24)26(30)27(31)32-28(2,3)4/h5-19,21,25-26,30H,20H2,1-4H3/t21-,25-,26-/m1/s1. The van der Waals surface area contributed by atoms with Crippen molar-refractivity contribution in [1.82, 2.24) is 4.90 Å². The van der Waals surface area contributed by atoms with Crippen LogP contribution in [0.25, 0.3) is 0 Å². The van der Waals surface area contributed by atoms with Gasteiger partial charge in [0.25, 0.3) is 0 Å². The SMILES string of the molecule is C[C@H](c1ccccc1)N(Cc1ccccc1)[C@H](c1ccccc1)[C@@H](O)C(=O)OC(C)(C)C.